The molecule has 4 saturated carbocycles. The fourth-order valence-corrected chi connectivity index (χ4v) is 10.8. The van der Waals surface area contributed by atoms with Crippen LogP contribution < -0.4 is 0 Å². The molecule has 16 nitrogen and oxygen atoms in total. The smallest absolute Gasteiger partial charge is 0.397 e. The first-order chi connectivity index (χ1) is 22.2. The van der Waals surface area contributed by atoms with E-state index in [1.807, 2.05) is 6.92 Å². The predicted molar refractivity (Wildman–Crippen MR) is 174 cm³/mol. The second-order valence-corrected chi connectivity index (χ2v) is 16.9. The summed E-state index contributed by atoms with van der Waals surface area (Å²) in [5, 5.41) is 32.0. The fraction of sp³-hybridized carbons (Fsp3) is 0.867. The third kappa shape index (κ3) is 9.03. The Morgan fingerprint density at radius 2 is 1.62 bits per heavy atom. The second-order valence-electron chi connectivity index (χ2n) is 14.8. The molecule has 5 N–H and O–H groups in total. The van der Waals surface area contributed by atoms with Gasteiger partial charge in [0.1, 0.15) is 12.2 Å². The van der Waals surface area contributed by atoms with Gasteiger partial charge in [0.25, 0.3) is 0 Å². The molecule has 50 heavy (non-hydrogen) atoms. The van der Waals surface area contributed by atoms with Crippen LogP contribution in [0.4, 0.5) is 0 Å². The molecule has 2 bridgehead atoms. The Morgan fingerprint density at radius 1 is 1.00 bits per heavy atom. The number of rotatable bonds is 11. The first kappa shape index (κ1) is 44.7. The van der Waals surface area contributed by atoms with Crippen LogP contribution in [0.3, 0.4) is 0 Å². The number of hydrogen-bond donors (Lipinski definition) is 5. The van der Waals surface area contributed by atoms with Crippen LogP contribution in [0.1, 0.15) is 72.1 Å². The predicted octanol–water partition coefficient (Wildman–Crippen LogP) is 0.905. The summed E-state index contributed by atoms with van der Waals surface area (Å²) in [6.07, 6.45) is -7.93. The second kappa shape index (κ2) is 16.5. The molecule has 2 radical (unpaired) electrons. The van der Waals surface area contributed by atoms with Crippen molar-refractivity contribution in [3.05, 3.63) is 12.2 Å². The number of aliphatic hydroxyl groups is 2. The Bertz CT molecular complexity index is 1490. The number of ether oxygens (including phenoxy) is 3. The molecular formula is C30H46Na2O16S2. The summed E-state index contributed by atoms with van der Waals surface area (Å²) in [6.45, 7) is 8.52. The van der Waals surface area contributed by atoms with Crippen LogP contribution in [-0.2, 0) is 53.0 Å². The molecule has 5 aliphatic rings. The Kier molecular flexibility index (Phi) is 14.8. The summed E-state index contributed by atoms with van der Waals surface area (Å²) in [7, 11) is -10.8. The van der Waals surface area contributed by atoms with Crippen LogP contribution in [0.25, 0.3) is 0 Å². The van der Waals surface area contributed by atoms with Crippen LogP contribution in [0, 0.1) is 40.4 Å². The minimum absolute atomic E-state index is 0. The maximum Gasteiger partial charge on any atom is 0.397 e. The van der Waals surface area contributed by atoms with E-state index in [2.05, 4.69) is 10.8 Å². The van der Waals surface area contributed by atoms with E-state index < -0.39 is 99.0 Å². The number of carbonyl (C=O) groups excluding carboxylic acids is 1. The standard InChI is InChI=1S/C30H46O16S2.2Na/c1-14(2)9-22(32)44-25-24(46-48(39,40)41)23(45-47(36,37)38)20(13-31)43-28(25)42-17-10-18(27(34)35)19-7-8-30-11-16(15(3)26(30)33)5-6-21(30)29(19,4)12-17;;/h14,16-21,23-26,28,31,33H,3,5-13H2,1-2,4H3,(H,34,35)(H,36,37,38)(H,39,40,41);;/t16-,17-,18-,19-,20-,21+,23-,24+,25-,26+,28-,29-,30-;;/m1../s1. The number of aliphatic hydroxyl groups excluding tert-OH is 2. The van der Waals surface area contributed by atoms with E-state index in [0.29, 0.717) is 12.8 Å². The van der Waals surface area contributed by atoms with Crippen molar-refractivity contribution in [1.29, 1.82) is 0 Å². The molecular weight excluding hydrogens is 726 g/mol. The van der Waals surface area contributed by atoms with E-state index in [1.165, 1.54) is 0 Å². The summed E-state index contributed by atoms with van der Waals surface area (Å²) in [5.74, 6) is -3.25. The molecule has 276 valence electrons. The molecule has 1 saturated heterocycles. The van der Waals surface area contributed by atoms with Crippen molar-refractivity contribution in [3.8, 4) is 0 Å². The van der Waals surface area contributed by atoms with Gasteiger partial charge in [-0.05, 0) is 79.6 Å². The molecule has 0 unspecified atom stereocenters. The van der Waals surface area contributed by atoms with Gasteiger partial charge in [-0.2, -0.15) is 16.8 Å². The SMILES string of the molecule is C=C1[C@@H]2CC[C@H]3[C@]4(C)C[C@H](O[C@@H]5O[C@H](CO)[C@@H](OS(=O)(=O)O)[C@H](OS(=O)(=O)O)[C@H]5OC(=O)CC(C)C)C[C@@H](C(=O)O)[C@H]4CC[C@]3(C2)[C@H]1O.[Na].[Na]. The van der Waals surface area contributed by atoms with Gasteiger partial charge in [-0.15, -0.1) is 0 Å². The number of carboxylic acid groups (broad SMARTS) is 1. The van der Waals surface area contributed by atoms with Crippen LogP contribution >= 0.6 is 0 Å². The number of aliphatic carboxylic acids is 1. The Labute approximate surface area is 336 Å². The van der Waals surface area contributed by atoms with Gasteiger partial charge in [-0.1, -0.05) is 27.4 Å². The monoisotopic (exact) mass is 772 g/mol. The maximum atomic E-state index is 12.9. The Hall–Kier alpha value is 0.260. The molecule has 20 heteroatoms. The van der Waals surface area contributed by atoms with E-state index in [-0.39, 0.29) is 102 Å². The number of hydrogen-bond acceptors (Lipinski definition) is 13. The molecule has 0 amide bonds. The zero-order valence-corrected chi connectivity index (χ0v) is 34.7. The molecule has 5 fully saturated rings. The van der Waals surface area contributed by atoms with Crippen molar-refractivity contribution < 1.29 is 73.4 Å². The van der Waals surface area contributed by atoms with Crippen molar-refractivity contribution in [1.82, 2.24) is 0 Å². The third-order valence-corrected chi connectivity index (χ3v) is 12.4. The Balaban J connectivity index is 0.00000338. The quantitative estimate of drug-likeness (QED) is 0.0644. The minimum atomic E-state index is -5.42. The normalized spacial score (nSPS) is 41.3. The first-order valence-corrected chi connectivity index (χ1v) is 18.9. The average molecular weight is 773 g/mol. The summed E-state index contributed by atoms with van der Waals surface area (Å²) >= 11 is 0. The summed E-state index contributed by atoms with van der Waals surface area (Å²) < 4.78 is 93.5. The van der Waals surface area contributed by atoms with Gasteiger partial charge in [0.2, 0.25) is 0 Å². The van der Waals surface area contributed by atoms with Crippen LogP contribution in [-0.4, -0.2) is 162 Å². The average Bonchev–Trinajstić information content (AvgIpc) is 3.12. The number of carboxylic acids is 1. The fourth-order valence-electron chi connectivity index (χ4n) is 9.82. The first-order valence-electron chi connectivity index (χ1n) is 16.2. The molecule has 13 atom stereocenters. The molecule has 1 heterocycles. The van der Waals surface area contributed by atoms with Crippen molar-refractivity contribution in [2.75, 3.05) is 6.61 Å². The van der Waals surface area contributed by atoms with Crippen LogP contribution in [0.2, 0.25) is 0 Å². The number of esters is 1. The molecule has 0 aromatic rings. The van der Waals surface area contributed by atoms with E-state index in [1.54, 1.807) is 13.8 Å². The van der Waals surface area contributed by atoms with Crippen molar-refractivity contribution in [2.45, 2.75) is 115 Å². The zero-order valence-electron chi connectivity index (χ0n) is 29.0. The number of fused-ring (bicyclic) bond motifs is 3. The van der Waals surface area contributed by atoms with Gasteiger partial charge < -0.3 is 29.5 Å². The molecule has 4 aliphatic carbocycles. The summed E-state index contributed by atoms with van der Waals surface area (Å²) in [6, 6.07) is 0. The summed E-state index contributed by atoms with van der Waals surface area (Å²) in [4.78, 5) is 25.7. The van der Waals surface area contributed by atoms with Crippen LogP contribution in [0.15, 0.2) is 12.2 Å². The van der Waals surface area contributed by atoms with Crippen molar-refractivity contribution in [3.63, 3.8) is 0 Å². The van der Waals surface area contributed by atoms with Crippen molar-refractivity contribution in [2.24, 2.45) is 40.4 Å². The van der Waals surface area contributed by atoms with Crippen molar-refractivity contribution >= 4 is 91.9 Å². The number of carbonyl (C=O) groups is 2. The molecule has 5 rings (SSSR count). The Morgan fingerprint density at radius 3 is 2.18 bits per heavy atom. The minimum Gasteiger partial charge on any atom is -0.481 e. The van der Waals surface area contributed by atoms with Gasteiger partial charge in [-0.25, -0.2) is 8.37 Å². The van der Waals surface area contributed by atoms with E-state index in [4.69, 9.17) is 18.4 Å². The van der Waals surface area contributed by atoms with Crippen LogP contribution in [0.5, 0.6) is 0 Å². The zero-order chi connectivity index (χ0) is 35.6. The maximum absolute atomic E-state index is 12.9. The molecule has 1 aliphatic heterocycles. The van der Waals surface area contributed by atoms with E-state index >= 15 is 0 Å². The topological polar surface area (TPSA) is 250 Å². The molecule has 1 spiro atoms. The largest absolute Gasteiger partial charge is 0.481 e. The van der Waals surface area contributed by atoms with E-state index in [0.717, 1.165) is 24.8 Å². The third-order valence-electron chi connectivity index (χ3n) is 11.5. The summed E-state index contributed by atoms with van der Waals surface area (Å²) in [5.41, 5.74) is -0.319. The van der Waals surface area contributed by atoms with Gasteiger partial charge in [0.05, 0.1) is 24.7 Å². The van der Waals surface area contributed by atoms with Gasteiger partial charge in [-0.3, -0.25) is 18.7 Å². The van der Waals surface area contributed by atoms with E-state index in [9.17, 15) is 50.8 Å². The van der Waals surface area contributed by atoms with Gasteiger partial charge >= 0.3 is 32.7 Å². The van der Waals surface area contributed by atoms with Gasteiger partial charge in [0.15, 0.2) is 18.5 Å². The molecule has 0 aromatic carbocycles. The molecule has 0 aromatic heterocycles. The van der Waals surface area contributed by atoms with Gasteiger partial charge in [0, 0.05) is 71.0 Å².